The summed E-state index contributed by atoms with van der Waals surface area (Å²) in [5.41, 5.74) is 2.11. The third kappa shape index (κ3) is 3.88. The number of halogens is 2. The number of benzene rings is 2. The zero-order valence-electron chi connectivity index (χ0n) is 10.5. The molecule has 2 rings (SSSR count). The number of methoxy groups -OCH3 is 1. The molecule has 0 fully saturated rings. The standard InChI is InChI=1S/C15H14BrClO2/c1-18-15-6-5-13(17)8-12(15)10-19-14-4-2-3-11(7-14)9-16/h2-8H,9-10H2,1H3. The van der Waals surface area contributed by atoms with E-state index in [4.69, 9.17) is 21.1 Å². The maximum Gasteiger partial charge on any atom is 0.125 e. The number of rotatable bonds is 5. The summed E-state index contributed by atoms with van der Waals surface area (Å²) in [4.78, 5) is 0. The minimum Gasteiger partial charge on any atom is -0.496 e. The third-order valence-electron chi connectivity index (χ3n) is 2.69. The second-order valence-electron chi connectivity index (χ2n) is 4.03. The van der Waals surface area contributed by atoms with Crippen molar-refractivity contribution in [1.29, 1.82) is 0 Å². The van der Waals surface area contributed by atoms with E-state index in [1.807, 2.05) is 36.4 Å². The van der Waals surface area contributed by atoms with Gasteiger partial charge in [-0.05, 0) is 35.9 Å². The van der Waals surface area contributed by atoms with Gasteiger partial charge in [0.05, 0.1) is 7.11 Å². The Kier molecular flexibility index (Phi) is 5.11. The highest BCUT2D eigenvalue weighted by Crippen LogP contribution is 2.24. The molecule has 0 bridgehead atoms. The fourth-order valence-electron chi connectivity index (χ4n) is 1.74. The molecule has 0 atom stereocenters. The van der Waals surface area contributed by atoms with Crippen molar-refractivity contribution in [3.63, 3.8) is 0 Å². The lowest BCUT2D eigenvalue weighted by molar-refractivity contribution is 0.296. The monoisotopic (exact) mass is 340 g/mol. The Balaban J connectivity index is 2.11. The molecule has 0 spiro atoms. The quantitative estimate of drug-likeness (QED) is 0.726. The van der Waals surface area contributed by atoms with Gasteiger partial charge in [0.2, 0.25) is 0 Å². The first-order valence-corrected chi connectivity index (χ1v) is 7.33. The van der Waals surface area contributed by atoms with Gasteiger partial charge in [-0.3, -0.25) is 0 Å². The van der Waals surface area contributed by atoms with Crippen LogP contribution in [0.1, 0.15) is 11.1 Å². The number of hydrogen-bond acceptors (Lipinski definition) is 2. The van der Waals surface area contributed by atoms with E-state index in [0.717, 1.165) is 22.4 Å². The fourth-order valence-corrected chi connectivity index (χ4v) is 2.28. The summed E-state index contributed by atoms with van der Waals surface area (Å²) in [6.07, 6.45) is 0. The van der Waals surface area contributed by atoms with Crippen LogP contribution in [0.4, 0.5) is 0 Å². The number of hydrogen-bond donors (Lipinski definition) is 0. The van der Waals surface area contributed by atoms with E-state index in [0.29, 0.717) is 11.6 Å². The Hall–Kier alpha value is -1.19. The van der Waals surface area contributed by atoms with Crippen LogP contribution >= 0.6 is 27.5 Å². The molecule has 19 heavy (non-hydrogen) atoms. The summed E-state index contributed by atoms with van der Waals surface area (Å²) in [6, 6.07) is 13.5. The Morgan fingerprint density at radius 3 is 2.74 bits per heavy atom. The maximum atomic E-state index is 5.99. The Bertz CT molecular complexity index is 558. The molecule has 0 amide bonds. The van der Waals surface area contributed by atoms with Crippen LogP contribution in [0.3, 0.4) is 0 Å². The van der Waals surface area contributed by atoms with E-state index in [-0.39, 0.29) is 0 Å². The van der Waals surface area contributed by atoms with Gasteiger partial charge in [-0.15, -0.1) is 0 Å². The van der Waals surface area contributed by atoms with E-state index >= 15 is 0 Å². The molecule has 100 valence electrons. The van der Waals surface area contributed by atoms with Crippen molar-refractivity contribution in [3.05, 3.63) is 58.6 Å². The molecule has 0 heterocycles. The van der Waals surface area contributed by atoms with Crippen LogP contribution in [0.2, 0.25) is 5.02 Å². The van der Waals surface area contributed by atoms with Gasteiger partial charge in [0.15, 0.2) is 0 Å². The molecule has 2 nitrogen and oxygen atoms in total. The molecule has 0 saturated carbocycles. The van der Waals surface area contributed by atoms with Crippen molar-refractivity contribution < 1.29 is 9.47 Å². The van der Waals surface area contributed by atoms with E-state index in [1.54, 1.807) is 13.2 Å². The average Bonchev–Trinajstić information content (AvgIpc) is 2.45. The van der Waals surface area contributed by atoms with Crippen LogP contribution in [-0.4, -0.2) is 7.11 Å². The summed E-state index contributed by atoms with van der Waals surface area (Å²) in [5, 5.41) is 1.48. The van der Waals surface area contributed by atoms with Gasteiger partial charge in [0.1, 0.15) is 18.1 Å². The van der Waals surface area contributed by atoms with Gasteiger partial charge in [-0.1, -0.05) is 39.7 Å². The first-order chi connectivity index (χ1) is 9.22. The van der Waals surface area contributed by atoms with Gasteiger partial charge in [-0.25, -0.2) is 0 Å². The van der Waals surface area contributed by atoms with Crippen LogP contribution in [0, 0.1) is 0 Å². The van der Waals surface area contributed by atoms with Crippen molar-refractivity contribution in [2.75, 3.05) is 7.11 Å². The van der Waals surface area contributed by atoms with Gasteiger partial charge in [0, 0.05) is 15.9 Å². The van der Waals surface area contributed by atoms with Crippen LogP contribution in [0.5, 0.6) is 11.5 Å². The first kappa shape index (κ1) is 14.2. The molecule has 0 N–H and O–H groups in total. The SMILES string of the molecule is COc1ccc(Cl)cc1COc1cccc(CBr)c1. The zero-order chi connectivity index (χ0) is 13.7. The average molecular weight is 342 g/mol. The topological polar surface area (TPSA) is 18.5 Å². The highest BCUT2D eigenvalue weighted by Gasteiger charge is 2.05. The molecule has 0 aliphatic carbocycles. The lowest BCUT2D eigenvalue weighted by atomic mass is 10.2. The maximum absolute atomic E-state index is 5.99. The van der Waals surface area contributed by atoms with Gasteiger partial charge in [-0.2, -0.15) is 0 Å². The molecular formula is C15H14BrClO2. The molecule has 0 saturated heterocycles. The predicted octanol–water partition coefficient (Wildman–Crippen LogP) is 4.82. The highest BCUT2D eigenvalue weighted by atomic mass is 79.9. The van der Waals surface area contributed by atoms with Crippen LogP contribution in [0.15, 0.2) is 42.5 Å². The number of ether oxygens (including phenoxy) is 2. The Labute approximate surface area is 126 Å². The Morgan fingerprint density at radius 2 is 2.00 bits per heavy atom. The minimum absolute atomic E-state index is 0.426. The molecule has 0 aromatic heterocycles. The molecule has 0 aliphatic heterocycles. The zero-order valence-corrected chi connectivity index (χ0v) is 12.9. The van der Waals surface area contributed by atoms with E-state index in [9.17, 15) is 0 Å². The van der Waals surface area contributed by atoms with Crippen molar-refractivity contribution in [1.82, 2.24) is 0 Å². The molecule has 2 aromatic carbocycles. The van der Waals surface area contributed by atoms with E-state index in [1.165, 1.54) is 5.56 Å². The highest BCUT2D eigenvalue weighted by molar-refractivity contribution is 9.08. The van der Waals surface area contributed by atoms with Crippen LogP contribution in [0.25, 0.3) is 0 Å². The lowest BCUT2D eigenvalue weighted by Crippen LogP contribution is -1.99. The lowest BCUT2D eigenvalue weighted by Gasteiger charge is -2.11. The summed E-state index contributed by atoms with van der Waals surface area (Å²) in [5.74, 6) is 1.61. The van der Waals surface area contributed by atoms with Crippen LogP contribution < -0.4 is 9.47 Å². The number of alkyl halides is 1. The normalized spacial score (nSPS) is 10.3. The van der Waals surface area contributed by atoms with Crippen molar-refractivity contribution in [2.45, 2.75) is 11.9 Å². The van der Waals surface area contributed by atoms with Crippen molar-refractivity contribution in [2.24, 2.45) is 0 Å². The molecule has 2 aromatic rings. The molecule has 0 unspecified atom stereocenters. The van der Waals surface area contributed by atoms with E-state index < -0.39 is 0 Å². The minimum atomic E-state index is 0.426. The van der Waals surface area contributed by atoms with Gasteiger partial charge in [0.25, 0.3) is 0 Å². The third-order valence-corrected chi connectivity index (χ3v) is 3.57. The summed E-state index contributed by atoms with van der Waals surface area (Å²) in [7, 11) is 1.64. The second kappa shape index (κ2) is 6.83. The fraction of sp³-hybridized carbons (Fsp3) is 0.200. The predicted molar refractivity (Wildman–Crippen MR) is 81.4 cm³/mol. The Morgan fingerprint density at radius 1 is 1.16 bits per heavy atom. The summed E-state index contributed by atoms with van der Waals surface area (Å²) < 4.78 is 11.1. The van der Waals surface area contributed by atoms with Crippen LogP contribution in [-0.2, 0) is 11.9 Å². The second-order valence-corrected chi connectivity index (χ2v) is 5.02. The summed E-state index contributed by atoms with van der Waals surface area (Å²) in [6.45, 7) is 0.426. The van der Waals surface area contributed by atoms with Gasteiger partial charge >= 0.3 is 0 Å². The van der Waals surface area contributed by atoms with Gasteiger partial charge < -0.3 is 9.47 Å². The van der Waals surface area contributed by atoms with Crippen molar-refractivity contribution >= 4 is 27.5 Å². The molecule has 4 heteroatoms. The molecular weight excluding hydrogens is 328 g/mol. The molecule has 0 radical (unpaired) electrons. The molecule has 0 aliphatic rings. The first-order valence-electron chi connectivity index (χ1n) is 5.83. The summed E-state index contributed by atoms with van der Waals surface area (Å²) >= 11 is 9.41. The van der Waals surface area contributed by atoms with E-state index in [2.05, 4.69) is 15.9 Å². The largest absolute Gasteiger partial charge is 0.496 e. The smallest absolute Gasteiger partial charge is 0.125 e. The van der Waals surface area contributed by atoms with Crippen molar-refractivity contribution in [3.8, 4) is 11.5 Å².